The molecule has 0 atom stereocenters. The van der Waals surface area contributed by atoms with Crippen LogP contribution in [0.3, 0.4) is 0 Å². The second-order valence-electron chi connectivity index (χ2n) is 6.82. The van der Waals surface area contributed by atoms with Crippen LogP contribution in [0.1, 0.15) is 39.2 Å². The standard InChI is InChI=1S/C16H20BrClN2O3/c1-15(2,11-5-4-9(18)6-12(11)17)13(21)20-16(3)7-10(8-16)19-14(22)23/h4-6,10,19H,7-8H2,1-3H3,(H,20,21)(H,22,23). The zero-order valence-electron chi connectivity index (χ0n) is 13.2. The van der Waals surface area contributed by atoms with E-state index in [2.05, 4.69) is 26.6 Å². The van der Waals surface area contributed by atoms with Crippen molar-refractivity contribution in [1.82, 2.24) is 10.6 Å². The molecule has 1 aromatic rings. The zero-order chi connectivity index (χ0) is 17.4. The first-order chi connectivity index (χ1) is 10.5. The van der Waals surface area contributed by atoms with E-state index in [1.54, 1.807) is 12.1 Å². The molecule has 0 radical (unpaired) electrons. The lowest BCUT2D eigenvalue weighted by molar-refractivity contribution is -0.128. The minimum Gasteiger partial charge on any atom is -0.465 e. The summed E-state index contributed by atoms with van der Waals surface area (Å²) in [4.78, 5) is 23.4. The van der Waals surface area contributed by atoms with Gasteiger partial charge in [-0.2, -0.15) is 0 Å². The number of benzene rings is 1. The van der Waals surface area contributed by atoms with Gasteiger partial charge in [0.25, 0.3) is 0 Å². The van der Waals surface area contributed by atoms with E-state index in [1.165, 1.54) is 0 Å². The first-order valence-electron chi connectivity index (χ1n) is 7.31. The summed E-state index contributed by atoms with van der Waals surface area (Å²) in [5.74, 6) is -0.100. The van der Waals surface area contributed by atoms with Crippen molar-refractivity contribution in [3.8, 4) is 0 Å². The van der Waals surface area contributed by atoms with Gasteiger partial charge in [0.1, 0.15) is 0 Å². The number of hydrogen-bond donors (Lipinski definition) is 3. The van der Waals surface area contributed by atoms with Crippen LogP contribution in [0.4, 0.5) is 4.79 Å². The maximum Gasteiger partial charge on any atom is 0.404 e. The van der Waals surface area contributed by atoms with E-state index >= 15 is 0 Å². The van der Waals surface area contributed by atoms with E-state index in [4.69, 9.17) is 16.7 Å². The molecule has 1 aliphatic carbocycles. The van der Waals surface area contributed by atoms with Crippen molar-refractivity contribution in [2.24, 2.45) is 0 Å². The van der Waals surface area contributed by atoms with Crippen LogP contribution in [0.25, 0.3) is 0 Å². The molecule has 0 spiro atoms. The summed E-state index contributed by atoms with van der Waals surface area (Å²) in [6.45, 7) is 5.63. The van der Waals surface area contributed by atoms with Gasteiger partial charge in [-0.15, -0.1) is 0 Å². The maximum absolute atomic E-state index is 12.7. The van der Waals surface area contributed by atoms with Crippen molar-refractivity contribution in [1.29, 1.82) is 0 Å². The van der Waals surface area contributed by atoms with Crippen molar-refractivity contribution in [2.75, 3.05) is 0 Å². The topological polar surface area (TPSA) is 78.4 Å². The third-order valence-electron chi connectivity index (χ3n) is 4.31. The predicted octanol–water partition coefficient (Wildman–Crippen LogP) is 3.69. The van der Waals surface area contributed by atoms with E-state index in [0.717, 1.165) is 10.0 Å². The molecule has 2 rings (SSSR count). The van der Waals surface area contributed by atoms with Crippen LogP contribution >= 0.6 is 27.5 Å². The molecule has 1 aromatic carbocycles. The molecular weight excluding hydrogens is 384 g/mol. The molecule has 0 bridgehead atoms. The van der Waals surface area contributed by atoms with Crippen molar-refractivity contribution in [2.45, 2.75) is 50.6 Å². The number of rotatable bonds is 4. The maximum atomic E-state index is 12.7. The summed E-state index contributed by atoms with van der Waals surface area (Å²) in [7, 11) is 0. The van der Waals surface area contributed by atoms with E-state index in [-0.39, 0.29) is 17.5 Å². The van der Waals surface area contributed by atoms with Gasteiger partial charge in [0.15, 0.2) is 0 Å². The molecule has 0 aliphatic heterocycles. The van der Waals surface area contributed by atoms with Crippen molar-refractivity contribution in [3.05, 3.63) is 33.3 Å². The smallest absolute Gasteiger partial charge is 0.404 e. The first-order valence-corrected chi connectivity index (χ1v) is 8.48. The average molecular weight is 404 g/mol. The van der Waals surface area contributed by atoms with Gasteiger partial charge in [0, 0.05) is 21.1 Å². The summed E-state index contributed by atoms with van der Waals surface area (Å²) >= 11 is 9.42. The van der Waals surface area contributed by atoms with Crippen LogP contribution in [-0.2, 0) is 10.2 Å². The molecule has 0 saturated heterocycles. The number of amides is 2. The first kappa shape index (κ1) is 18.1. The Labute approximate surface area is 148 Å². The highest BCUT2D eigenvalue weighted by Gasteiger charge is 2.44. The van der Waals surface area contributed by atoms with Gasteiger partial charge in [0.2, 0.25) is 5.91 Å². The fraction of sp³-hybridized carbons (Fsp3) is 0.500. The van der Waals surface area contributed by atoms with Crippen molar-refractivity contribution >= 4 is 39.5 Å². The minimum absolute atomic E-state index is 0.100. The molecule has 126 valence electrons. The van der Waals surface area contributed by atoms with Gasteiger partial charge in [-0.1, -0.05) is 33.6 Å². The molecule has 1 saturated carbocycles. The van der Waals surface area contributed by atoms with Crippen LogP contribution in [0.15, 0.2) is 22.7 Å². The van der Waals surface area contributed by atoms with E-state index in [9.17, 15) is 9.59 Å². The molecule has 5 nitrogen and oxygen atoms in total. The number of halogens is 2. The van der Waals surface area contributed by atoms with Crippen LogP contribution in [-0.4, -0.2) is 28.7 Å². The molecular formula is C16H20BrClN2O3. The summed E-state index contributed by atoms with van der Waals surface area (Å²) in [5, 5.41) is 14.8. The number of carbonyl (C=O) groups is 2. The van der Waals surface area contributed by atoms with Gasteiger partial charge < -0.3 is 15.7 Å². The lowest BCUT2D eigenvalue weighted by atomic mass is 9.72. The Morgan fingerprint density at radius 2 is 2.00 bits per heavy atom. The normalized spacial score (nSPS) is 23.8. The molecule has 1 aliphatic rings. The van der Waals surface area contributed by atoms with Crippen LogP contribution in [0, 0.1) is 0 Å². The molecule has 23 heavy (non-hydrogen) atoms. The van der Waals surface area contributed by atoms with E-state index < -0.39 is 11.5 Å². The van der Waals surface area contributed by atoms with Gasteiger partial charge in [-0.3, -0.25) is 4.79 Å². The Hall–Kier alpha value is -1.27. The molecule has 0 heterocycles. The Bertz CT molecular complexity index is 642. The fourth-order valence-electron chi connectivity index (χ4n) is 2.96. The number of hydrogen-bond acceptors (Lipinski definition) is 2. The summed E-state index contributed by atoms with van der Waals surface area (Å²) in [5.41, 5.74) is -0.277. The molecule has 2 amide bonds. The Morgan fingerprint density at radius 1 is 1.39 bits per heavy atom. The summed E-state index contributed by atoms with van der Waals surface area (Å²) < 4.78 is 0.786. The monoisotopic (exact) mass is 402 g/mol. The van der Waals surface area contributed by atoms with Crippen molar-refractivity contribution in [3.63, 3.8) is 0 Å². The van der Waals surface area contributed by atoms with Gasteiger partial charge in [0.05, 0.1) is 5.41 Å². The average Bonchev–Trinajstić information content (AvgIpc) is 2.35. The largest absolute Gasteiger partial charge is 0.465 e. The number of carbonyl (C=O) groups excluding carboxylic acids is 1. The van der Waals surface area contributed by atoms with Crippen LogP contribution in [0.5, 0.6) is 0 Å². The number of nitrogens with one attached hydrogen (secondary N) is 2. The highest BCUT2D eigenvalue weighted by atomic mass is 79.9. The van der Waals surface area contributed by atoms with Crippen LogP contribution < -0.4 is 10.6 Å². The second kappa shape index (κ2) is 6.32. The number of carboxylic acid groups (broad SMARTS) is 1. The lowest BCUT2D eigenvalue weighted by Gasteiger charge is -2.46. The third-order valence-corrected chi connectivity index (χ3v) is 5.20. The SMILES string of the molecule is CC1(NC(=O)C(C)(C)c2ccc(Cl)cc2Br)CC(NC(=O)O)C1. The second-order valence-corrected chi connectivity index (χ2v) is 8.11. The van der Waals surface area contributed by atoms with E-state index in [1.807, 2.05) is 26.8 Å². The van der Waals surface area contributed by atoms with Crippen LogP contribution in [0.2, 0.25) is 5.02 Å². The highest BCUT2D eigenvalue weighted by molar-refractivity contribution is 9.10. The molecule has 1 fully saturated rings. The Balaban J connectivity index is 2.06. The zero-order valence-corrected chi connectivity index (χ0v) is 15.6. The van der Waals surface area contributed by atoms with Crippen molar-refractivity contribution < 1.29 is 14.7 Å². The Morgan fingerprint density at radius 3 is 2.52 bits per heavy atom. The van der Waals surface area contributed by atoms with Gasteiger partial charge in [-0.25, -0.2) is 4.79 Å². The predicted molar refractivity (Wildman–Crippen MR) is 92.9 cm³/mol. The molecule has 7 heteroatoms. The van der Waals surface area contributed by atoms with Gasteiger partial charge >= 0.3 is 6.09 Å². The highest BCUT2D eigenvalue weighted by Crippen LogP contribution is 2.36. The molecule has 0 aromatic heterocycles. The van der Waals surface area contributed by atoms with Gasteiger partial charge in [-0.05, 0) is 51.3 Å². The summed E-state index contributed by atoms with van der Waals surface area (Å²) in [6, 6.07) is 5.26. The lowest BCUT2D eigenvalue weighted by Crippen LogP contribution is -2.63. The fourth-order valence-corrected chi connectivity index (χ4v) is 4.13. The Kier molecular flexibility index (Phi) is 4.97. The summed E-state index contributed by atoms with van der Waals surface area (Å²) in [6.07, 6.45) is 0.139. The third kappa shape index (κ3) is 3.98. The minimum atomic E-state index is -1.03. The quantitative estimate of drug-likeness (QED) is 0.717. The molecule has 0 unspecified atom stereocenters. The molecule has 3 N–H and O–H groups in total. The van der Waals surface area contributed by atoms with E-state index in [0.29, 0.717) is 17.9 Å².